The molecule has 1 aliphatic heterocycles. The number of amidine groups is 1. The van der Waals surface area contributed by atoms with E-state index >= 15 is 0 Å². The van der Waals surface area contributed by atoms with E-state index in [4.69, 9.17) is 27.7 Å². The third kappa shape index (κ3) is 10.7. The van der Waals surface area contributed by atoms with Crippen molar-refractivity contribution >= 4 is 80.4 Å². The molecule has 2 heterocycles. The van der Waals surface area contributed by atoms with Crippen LogP contribution in [0.4, 0.5) is 5.69 Å². The van der Waals surface area contributed by atoms with Gasteiger partial charge in [-0.05, 0) is 31.2 Å². The summed E-state index contributed by atoms with van der Waals surface area (Å²) in [4.78, 5) is 12.9. The topological polar surface area (TPSA) is 92.9 Å². The Hall–Kier alpha value is -1.61. The van der Waals surface area contributed by atoms with E-state index in [2.05, 4.69) is 45.0 Å². The molecular formula is C27H41BrCl2N3O4PSi. The number of hydrogen-bond acceptors (Lipinski definition) is 5. The summed E-state index contributed by atoms with van der Waals surface area (Å²) in [5.41, 5.74) is 0.646. The normalized spacial score (nSPS) is 15.2. The van der Waals surface area contributed by atoms with Gasteiger partial charge >= 0.3 is 7.52 Å². The van der Waals surface area contributed by atoms with Crippen LogP contribution in [-0.2, 0) is 16.1 Å². The third-order valence-corrected chi connectivity index (χ3v) is 6.58. The summed E-state index contributed by atoms with van der Waals surface area (Å²) in [6.07, 6.45) is 0. The molecule has 4 rings (SSSR count). The van der Waals surface area contributed by atoms with Gasteiger partial charge in [0.15, 0.2) is 5.84 Å². The van der Waals surface area contributed by atoms with Crippen molar-refractivity contribution in [3.05, 3.63) is 64.4 Å². The molecular weight excluding hydrogens is 640 g/mol. The Kier molecular flexibility index (Phi) is 17.2. The fraction of sp³-hybridized carbons (Fsp3) is 0.407. The summed E-state index contributed by atoms with van der Waals surface area (Å²) >= 11 is 13.0. The molecule has 1 aliphatic rings. The number of halogens is 3. The molecule has 3 aromatic rings. The van der Waals surface area contributed by atoms with E-state index in [0.717, 1.165) is 0 Å². The van der Waals surface area contributed by atoms with Crippen LogP contribution < -0.4 is 16.2 Å². The number of fused-ring (bicyclic) bond motifs is 2. The summed E-state index contributed by atoms with van der Waals surface area (Å²) in [5, 5.41) is 15.0. The molecule has 1 aromatic heterocycles. The lowest BCUT2D eigenvalue weighted by Crippen LogP contribution is -2.32. The highest BCUT2D eigenvalue weighted by molar-refractivity contribution is 9.26. The number of nitrogens with one attached hydrogen (secondary N) is 1. The van der Waals surface area contributed by atoms with Gasteiger partial charge in [-0.3, -0.25) is 9.36 Å². The first-order chi connectivity index (χ1) is 18.4. The molecule has 0 amide bonds. The van der Waals surface area contributed by atoms with Crippen LogP contribution in [0.2, 0.25) is 19.6 Å². The first kappa shape index (κ1) is 37.4. The van der Waals surface area contributed by atoms with Gasteiger partial charge in [0.1, 0.15) is 18.0 Å². The zero-order valence-electron chi connectivity index (χ0n) is 24.2. The second-order valence-corrected chi connectivity index (χ2v) is 22.4. The first-order valence-corrected chi connectivity index (χ1v) is 21.1. The zero-order chi connectivity index (χ0) is 30.4. The molecule has 0 saturated heterocycles. The lowest BCUT2D eigenvalue weighted by molar-refractivity contribution is 0.341. The summed E-state index contributed by atoms with van der Waals surface area (Å²) in [7, 11) is -1.96. The molecule has 0 radical (unpaired) electrons. The number of pyridine rings is 1. The van der Waals surface area contributed by atoms with Crippen molar-refractivity contribution in [3.8, 4) is 5.75 Å². The van der Waals surface area contributed by atoms with Crippen molar-refractivity contribution in [3.63, 3.8) is 0 Å². The molecule has 2 N–H and O–H groups in total. The van der Waals surface area contributed by atoms with Gasteiger partial charge in [-0.2, -0.15) is 4.76 Å². The van der Waals surface area contributed by atoms with E-state index in [1.807, 2.05) is 27.7 Å². The number of alkyl halides is 2. The monoisotopic (exact) mass is 679 g/mol. The minimum Gasteiger partial charge on any atom is -0.506 e. The van der Waals surface area contributed by atoms with Gasteiger partial charge in [0.05, 0.1) is 28.5 Å². The maximum Gasteiger partial charge on any atom is 0.348 e. The van der Waals surface area contributed by atoms with Gasteiger partial charge in [0.2, 0.25) is 0 Å². The highest BCUT2D eigenvalue weighted by Gasteiger charge is 2.35. The molecule has 0 spiro atoms. The summed E-state index contributed by atoms with van der Waals surface area (Å²) in [5.74, 6) is -0.170. The SMILES string of the molecule is CC.CC.CCOP1(=O)N=C(c2c(O)c3ccccc3n(C)c2=O)Nc2ccccc21.C[Si](C)(C)Br.ClCCl. The molecule has 0 aliphatic carbocycles. The largest absolute Gasteiger partial charge is 0.506 e. The molecule has 0 saturated carbocycles. The Morgan fingerprint density at radius 2 is 1.54 bits per heavy atom. The molecule has 0 fully saturated rings. The van der Waals surface area contributed by atoms with E-state index in [-0.39, 0.29) is 29.1 Å². The van der Waals surface area contributed by atoms with E-state index in [9.17, 15) is 14.5 Å². The Morgan fingerprint density at radius 3 is 2.08 bits per heavy atom. The second kappa shape index (κ2) is 17.9. The maximum absolute atomic E-state index is 13.4. The van der Waals surface area contributed by atoms with Gasteiger partial charge in [0, 0.05) is 12.4 Å². The maximum atomic E-state index is 13.4. The number of aryl methyl sites for hydroxylation is 1. The first-order valence-electron chi connectivity index (χ1n) is 12.7. The molecule has 1 atom stereocenters. The highest BCUT2D eigenvalue weighted by Crippen LogP contribution is 2.52. The van der Waals surface area contributed by atoms with Gasteiger partial charge in [-0.1, -0.05) is 71.6 Å². The molecule has 218 valence electrons. The molecule has 39 heavy (non-hydrogen) atoms. The number of para-hydroxylation sites is 2. The van der Waals surface area contributed by atoms with Crippen molar-refractivity contribution in [1.82, 2.24) is 4.57 Å². The smallest absolute Gasteiger partial charge is 0.348 e. The van der Waals surface area contributed by atoms with Crippen molar-refractivity contribution in [2.45, 2.75) is 54.3 Å². The van der Waals surface area contributed by atoms with Crippen LogP contribution in [0.25, 0.3) is 10.9 Å². The van der Waals surface area contributed by atoms with Crippen molar-refractivity contribution in [2.24, 2.45) is 11.8 Å². The quantitative estimate of drug-likeness (QED) is 0.125. The van der Waals surface area contributed by atoms with E-state index in [0.29, 0.717) is 21.9 Å². The molecule has 2 aromatic carbocycles. The molecule has 7 nitrogen and oxygen atoms in total. The zero-order valence-corrected chi connectivity index (χ0v) is 29.2. The van der Waals surface area contributed by atoms with E-state index in [1.165, 1.54) is 4.57 Å². The highest BCUT2D eigenvalue weighted by atomic mass is 79.9. The standard InChI is InChI=1S/C19H18N3O4P.C3H9BrSi.2C2H6.CH2Cl2/c1-3-26-27(25)15-11-7-5-9-13(15)20-18(21-27)16-17(23)12-8-4-6-10-14(12)22(2)19(16)24;1-5(2,3)4;2*1-2;2-1-3/h4-11,23H,3H2,1-2H3,(H,20,21,25);1-3H3;2*1-2H3;1H2. The van der Waals surface area contributed by atoms with Gasteiger partial charge in [-0.15, -0.1) is 38.5 Å². The summed E-state index contributed by atoms with van der Waals surface area (Å²) in [6, 6.07) is 14.0. The number of rotatable bonds is 3. The minimum atomic E-state index is -3.57. The van der Waals surface area contributed by atoms with Crippen LogP contribution in [0.3, 0.4) is 0 Å². The summed E-state index contributed by atoms with van der Waals surface area (Å²) < 4.78 is 24.5. The van der Waals surface area contributed by atoms with Crippen LogP contribution in [0, 0.1) is 0 Å². The Morgan fingerprint density at radius 1 is 1.05 bits per heavy atom. The fourth-order valence-electron chi connectivity index (χ4n) is 3.24. The number of aromatic nitrogens is 1. The van der Waals surface area contributed by atoms with E-state index in [1.54, 1.807) is 62.5 Å². The van der Waals surface area contributed by atoms with Crippen LogP contribution in [0.15, 0.2) is 58.1 Å². The molecule has 0 bridgehead atoms. The number of hydrogen-bond donors (Lipinski definition) is 2. The van der Waals surface area contributed by atoms with Crippen molar-refractivity contribution in [2.75, 3.05) is 17.3 Å². The minimum absolute atomic E-state index is 0.0364. The lowest BCUT2D eigenvalue weighted by atomic mass is 10.1. The number of benzene rings is 2. The number of nitrogens with zero attached hydrogens (tertiary/aromatic N) is 2. The predicted octanol–water partition coefficient (Wildman–Crippen LogP) is 8.66. The van der Waals surface area contributed by atoms with Gasteiger partial charge in [-0.25, -0.2) is 0 Å². The van der Waals surface area contributed by atoms with E-state index < -0.39 is 19.8 Å². The Balaban J connectivity index is 0.00000104. The molecule has 1 unspecified atom stereocenters. The van der Waals surface area contributed by atoms with Crippen molar-refractivity contribution < 1.29 is 14.2 Å². The fourth-order valence-corrected chi connectivity index (χ4v) is 5.02. The number of aromatic hydroxyl groups is 1. The average Bonchev–Trinajstić information content (AvgIpc) is 2.89. The Bertz CT molecular complexity index is 1320. The number of anilines is 1. The predicted molar refractivity (Wildman–Crippen MR) is 178 cm³/mol. The van der Waals surface area contributed by atoms with Gasteiger partial charge < -0.3 is 19.5 Å². The lowest BCUT2D eigenvalue weighted by Gasteiger charge is -2.25. The summed E-state index contributed by atoms with van der Waals surface area (Å²) in [6.45, 7) is 15.9. The van der Waals surface area contributed by atoms with Crippen LogP contribution in [0.5, 0.6) is 5.75 Å². The second-order valence-electron chi connectivity index (χ2n) is 8.30. The van der Waals surface area contributed by atoms with Crippen LogP contribution in [-0.4, -0.2) is 34.1 Å². The van der Waals surface area contributed by atoms with Crippen LogP contribution >= 0.6 is 46.0 Å². The Labute approximate surface area is 251 Å². The average molecular weight is 682 g/mol. The molecule has 12 heteroatoms. The van der Waals surface area contributed by atoms with Crippen LogP contribution in [0.1, 0.15) is 40.2 Å². The van der Waals surface area contributed by atoms with Gasteiger partial charge in [0.25, 0.3) is 5.56 Å². The van der Waals surface area contributed by atoms with Crippen molar-refractivity contribution in [1.29, 1.82) is 0 Å². The third-order valence-electron chi connectivity index (χ3n) is 4.51.